The van der Waals surface area contributed by atoms with Gasteiger partial charge in [0.2, 0.25) is 0 Å². The van der Waals surface area contributed by atoms with Gasteiger partial charge in [-0.25, -0.2) is 0 Å². The van der Waals surface area contributed by atoms with Crippen LogP contribution in [0.25, 0.3) is 11.3 Å². The van der Waals surface area contributed by atoms with Crippen molar-refractivity contribution in [3.05, 3.63) is 53.1 Å². The molecule has 0 spiro atoms. The maximum Gasteiger partial charge on any atom is 0.273 e. The van der Waals surface area contributed by atoms with Gasteiger partial charge in [-0.05, 0) is 29.4 Å². The van der Waals surface area contributed by atoms with Crippen molar-refractivity contribution >= 4 is 11.6 Å². The molecule has 0 unspecified atom stereocenters. The number of aromatic hydroxyl groups is 2. The first-order valence-electron chi connectivity index (χ1n) is 8.43. The topological polar surface area (TPSA) is 173 Å². The number of nitrogens with one attached hydrogen (secondary N) is 1. The van der Waals surface area contributed by atoms with Crippen molar-refractivity contribution in [2.45, 2.75) is 0 Å². The highest BCUT2D eigenvalue weighted by Crippen LogP contribution is 2.43. The predicted octanol–water partition coefficient (Wildman–Crippen LogP) is 3.14. The third-order valence-corrected chi connectivity index (χ3v) is 3.82. The minimum absolute atomic E-state index is 0. The number of methoxy groups -OCH3 is 1. The number of benzene rings is 2. The van der Waals surface area contributed by atoms with Crippen LogP contribution < -0.4 is 10.1 Å². The van der Waals surface area contributed by atoms with E-state index in [0.29, 0.717) is 18.9 Å². The van der Waals surface area contributed by atoms with Gasteiger partial charge in [0.1, 0.15) is 34.2 Å². The van der Waals surface area contributed by atoms with Crippen LogP contribution in [0.15, 0.2) is 52.2 Å². The summed E-state index contributed by atoms with van der Waals surface area (Å²) in [6.45, 7) is 0.633. The fourth-order valence-electron chi connectivity index (χ4n) is 2.47. The molecular formula is C19H18N3O8-. The standard InChI is InChI=1S/C19H17N3O7.H2O/c1-27-7-6-20-19(25)14-10-17(29-22-14)18-15(24)8-12(23)9-16(18)28-13-4-2-11(21-26)3-5-13;/h2-5,8-10,23-24H,6-7H2,1H3,(H,20,25);1H2/p-1. The third kappa shape index (κ3) is 5.10. The zero-order valence-electron chi connectivity index (χ0n) is 15.7. The van der Waals surface area contributed by atoms with E-state index in [9.17, 15) is 19.9 Å². The number of rotatable bonds is 8. The maximum atomic E-state index is 12.1. The molecular weight excluding hydrogens is 398 g/mol. The molecule has 0 aliphatic heterocycles. The Kier molecular flexibility index (Phi) is 7.44. The van der Waals surface area contributed by atoms with Crippen molar-refractivity contribution in [2.75, 3.05) is 20.3 Å². The summed E-state index contributed by atoms with van der Waals surface area (Å²) in [5.41, 5.74) is 0.301. The van der Waals surface area contributed by atoms with Crippen LogP contribution in [-0.4, -0.2) is 47.0 Å². The van der Waals surface area contributed by atoms with Crippen molar-refractivity contribution in [3.63, 3.8) is 0 Å². The second-order valence-corrected chi connectivity index (χ2v) is 5.85. The number of carbonyl (C=O) groups is 1. The Bertz CT molecular complexity index is 1020. The molecule has 0 saturated carbocycles. The lowest BCUT2D eigenvalue weighted by Crippen LogP contribution is -2.27. The normalized spacial score (nSPS) is 10.2. The molecule has 2 aromatic carbocycles. The van der Waals surface area contributed by atoms with E-state index in [1.54, 1.807) is 0 Å². The largest absolute Gasteiger partial charge is 0.870 e. The van der Waals surface area contributed by atoms with Gasteiger partial charge in [-0.15, -0.1) is 4.91 Å². The van der Waals surface area contributed by atoms with Crippen LogP contribution >= 0.6 is 0 Å². The predicted molar refractivity (Wildman–Crippen MR) is 103 cm³/mol. The van der Waals surface area contributed by atoms with Gasteiger partial charge in [0.25, 0.3) is 5.91 Å². The molecule has 0 aliphatic rings. The Balaban J connectivity index is 0.00000320. The minimum atomic E-state index is -0.477. The molecule has 0 saturated heterocycles. The van der Waals surface area contributed by atoms with E-state index in [4.69, 9.17) is 14.0 Å². The second kappa shape index (κ2) is 10.0. The minimum Gasteiger partial charge on any atom is -0.870 e. The van der Waals surface area contributed by atoms with E-state index in [0.717, 1.165) is 6.07 Å². The molecule has 158 valence electrons. The van der Waals surface area contributed by atoms with Crippen LogP contribution in [0.5, 0.6) is 23.0 Å². The molecule has 1 amide bonds. The monoisotopic (exact) mass is 416 g/mol. The molecule has 3 aromatic rings. The molecule has 11 heteroatoms. The van der Waals surface area contributed by atoms with Gasteiger partial charge in [-0.2, -0.15) is 0 Å². The first kappa shape index (κ1) is 22.3. The number of aromatic nitrogens is 1. The first-order chi connectivity index (χ1) is 14.0. The average molecular weight is 416 g/mol. The molecule has 11 nitrogen and oxygen atoms in total. The van der Waals surface area contributed by atoms with E-state index < -0.39 is 5.91 Å². The lowest BCUT2D eigenvalue weighted by Gasteiger charge is -2.11. The Morgan fingerprint density at radius 3 is 2.60 bits per heavy atom. The van der Waals surface area contributed by atoms with Gasteiger partial charge in [0, 0.05) is 31.9 Å². The van der Waals surface area contributed by atoms with Crippen LogP contribution in [0.4, 0.5) is 5.69 Å². The number of hydrogen-bond acceptors (Lipinski definition) is 10. The number of hydrogen-bond donors (Lipinski definition) is 3. The molecule has 0 aliphatic carbocycles. The fraction of sp³-hybridized carbons (Fsp3) is 0.158. The molecule has 3 rings (SSSR count). The zero-order chi connectivity index (χ0) is 20.8. The summed E-state index contributed by atoms with van der Waals surface area (Å²) in [7, 11) is 1.51. The maximum absolute atomic E-state index is 12.1. The van der Waals surface area contributed by atoms with E-state index in [1.807, 2.05) is 0 Å². The van der Waals surface area contributed by atoms with Gasteiger partial charge in [-0.1, -0.05) is 5.16 Å². The van der Waals surface area contributed by atoms with Gasteiger partial charge in [0.05, 0.1) is 6.61 Å². The van der Waals surface area contributed by atoms with Crippen molar-refractivity contribution < 1.29 is 34.5 Å². The van der Waals surface area contributed by atoms with Crippen molar-refractivity contribution in [3.8, 4) is 34.3 Å². The number of ether oxygens (including phenoxy) is 2. The Morgan fingerprint density at radius 2 is 1.93 bits per heavy atom. The highest BCUT2D eigenvalue weighted by Gasteiger charge is 2.21. The number of carbonyl (C=O) groups excluding carboxylic acids is 1. The van der Waals surface area contributed by atoms with Crippen LogP contribution in [0, 0.1) is 4.91 Å². The summed E-state index contributed by atoms with van der Waals surface area (Å²) in [6.07, 6.45) is 0. The summed E-state index contributed by atoms with van der Waals surface area (Å²) in [5.74, 6) is -0.633. The summed E-state index contributed by atoms with van der Waals surface area (Å²) < 4.78 is 15.8. The van der Waals surface area contributed by atoms with Crippen LogP contribution in [-0.2, 0) is 4.74 Å². The lowest BCUT2D eigenvalue weighted by molar-refractivity contribution is 0.0928. The van der Waals surface area contributed by atoms with E-state index in [1.165, 1.54) is 43.5 Å². The average Bonchev–Trinajstić information content (AvgIpc) is 3.18. The highest BCUT2D eigenvalue weighted by atomic mass is 16.5. The van der Waals surface area contributed by atoms with Gasteiger partial charge in [-0.3, -0.25) is 4.79 Å². The Labute approximate surface area is 170 Å². The smallest absolute Gasteiger partial charge is 0.273 e. The molecule has 0 atom stereocenters. The van der Waals surface area contributed by atoms with Crippen molar-refractivity contribution in [1.82, 2.24) is 10.5 Å². The molecule has 0 fully saturated rings. The molecule has 0 bridgehead atoms. The summed E-state index contributed by atoms with van der Waals surface area (Å²) in [4.78, 5) is 22.6. The number of nitroso groups, excluding NO2 is 1. The third-order valence-electron chi connectivity index (χ3n) is 3.82. The van der Waals surface area contributed by atoms with Crippen LogP contribution in [0.2, 0.25) is 0 Å². The quantitative estimate of drug-likeness (QED) is 0.368. The Morgan fingerprint density at radius 1 is 1.20 bits per heavy atom. The van der Waals surface area contributed by atoms with Crippen LogP contribution in [0.1, 0.15) is 10.5 Å². The molecule has 1 heterocycles. The molecule has 1 aromatic heterocycles. The summed E-state index contributed by atoms with van der Waals surface area (Å²) >= 11 is 0. The van der Waals surface area contributed by atoms with Gasteiger partial charge >= 0.3 is 0 Å². The summed E-state index contributed by atoms with van der Waals surface area (Å²) in [5, 5.41) is 29.2. The van der Waals surface area contributed by atoms with Crippen molar-refractivity contribution in [2.24, 2.45) is 5.18 Å². The second-order valence-electron chi connectivity index (χ2n) is 5.85. The fourth-order valence-corrected chi connectivity index (χ4v) is 2.47. The van der Waals surface area contributed by atoms with E-state index in [2.05, 4.69) is 15.7 Å². The van der Waals surface area contributed by atoms with E-state index in [-0.39, 0.29) is 45.4 Å². The van der Waals surface area contributed by atoms with Crippen molar-refractivity contribution in [1.29, 1.82) is 0 Å². The number of phenols is 2. The zero-order valence-corrected chi connectivity index (χ0v) is 15.7. The lowest BCUT2D eigenvalue weighted by atomic mass is 10.1. The highest BCUT2D eigenvalue weighted by molar-refractivity contribution is 5.93. The number of amides is 1. The number of phenolic OH excluding ortho intramolecular Hbond substituents is 2. The van der Waals surface area contributed by atoms with Gasteiger partial charge < -0.3 is 35.0 Å². The molecule has 0 radical (unpaired) electrons. The number of nitrogens with zero attached hydrogens (tertiary/aromatic N) is 2. The molecule has 30 heavy (non-hydrogen) atoms. The Hall–Kier alpha value is -3.96. The molecule has 4 N–H and O–H groups in total. The van der Waals surface area contributed by atoms with Gasteiger partial charge in [0.15, 0.2) is 11.5 Å². The SMILES string of the molecule is COCCNC(=O)c1cc(-c2c(O)cc(O)cc2Oc2ccc(N=O)cc2)on1.[OH-]. The van der Waals surface area contributed by atoms with E-state index >= 15 is 0 Å². The van der Waals surface area contributed by atoms with Crippen LogP contribution in [0.3, 0.4) is 0 Å². The first-order valence-corrected chi connectivity index (χ1v) is 8.43. The summed E-state index contributed by atoms with van der Waals surface area (Å²) in [6, 6.07) is 9.58.